The molecule has 5 aliphatic carbocycles. The number of hydrogen-bond acceptors (Lipinski definition) is 0. The van der Waals surface area contributed by atoms with Gasteiger partial charge in [-0.25, -0.2) is 0 Å². The van der Waals surface area contributed by atoms with Gasteiger partial charge in [0, 0.05) is 3.92 Å². The summed E-state index contributed by atoms with van der Waals surface area (Å²) in [6.45, 7) is 0. The van der Waals surface area contributed by atoms with Crippen molar-refractivity contribution >= 4 is 22.6 Å². The summed E-state index contributed by atoms with van der Waals surface area (Å²) in [5.74, 6) is 2.53. The molecule has 0 heterocycles. The Balaban J connectivity index is 1.38. The van der Waals surface area contributed by atoms with Gasteiger partial charge in [-0.05, 0) is 106 Å². The van der Waals surface area contributed by atoms with E-state index in [0.717, 1.165) is 21.7 Å². The predicted octanol–water partition coefficient (Wildman–Crippen LogP) is 7.46. The summed E-state index contributed by atoms with van der Waals surface area (Å²) in [6.07, 6.45) is 24.7. The van der Waals surface area contributed by atoms with Gasteiger partial charge in [-0.1, -0.05) is 57.5 Å². The van der Waals surface area contributed by atoms with Crippen LogP contribution < -0.4 is 0 Å². The molecule has 0 saturated heterocycles. The monoisotopic (exact) mass is 446 g/mol. The Morgan fingerprint density at radius 3 is 2.68 bits per heavy atom. The second-order valence-electron chi connectivity index (χ2n) is 9.09. The molecule has 0 N–H and O–H groups in total. The van der Waals surface area contributed by atoms with Crippen LogP contribution >= 0.6 is 22.6 Å². The highest BCUT2D eigenvalue weighted by Crippen LogP contribution is 2.48. The maximum Gasteiger partial charge on any atom is 0.0118 e. The van der Waals surface area contributed by atoms with E-state index in [4.69, 9.17) is 0 Å². The fraction of sp³-hybridized carbons (Fsp3) is 0.667. The lowest BCUT2D eigenvalue weighted by molar-refractivity contribution is 0.380. The van der Waals surface area contributed by atoms with Crippen LogP contribution in [0.1, 0.15) is 77.0 Å². The Morgan fingerprint density at radius 2 is 1.72 bits per heavy atom. The molecule has 0 bridgehead atoms. The SMILES string of the molecule is IC1CCC2=CC(C3=CC=C4C5=C(CCCC5)CCC4C3)CCC2C1. The largest absolute Gasteiger partial charge is 0.0826 e. The van der Waals surface area contributed by atoms with Crippen molar-refractivity contribution in [2.24, 2.45) is 17.8 Å². The second-order valence-corrected chi connectivity index (χ2v) is 10.8. The van der Waals surface area contributed by atoms with Crippen LogP contribution in [0.4, 0.5) is 0 Å². The molecule has 0 spiro atoms. The summed E-state index contributed by atoms with van der Waals surface area (Å²) in [5.41, 5.74) is 8.94. The lowest BCUT2D eigenvalue weighted by atomic mass is 9.67. The Morgan fingerprint density at radius 1 is 0.800 bits per heavy atom. The van der Waals surface area contributed by atoms with Gasteiger partial charge in [-0.2, -0.15) is 0 Å². The average molecular weight is 446 g/mol. The third kappa shape index (κ3) is 3.24. The Hall–Kier alpha value is -0.310. The smallest absolute Gasteiger partial charge is 0.0118 e. The van der Waals surface area contributed by atoms with E-state index < -0.39 is 0 Å². The lowest BCUT2D eigenvalue weighted by Gasteiger charge is -2.39. The van der Waals surface area contributed by atoms with Gasteiger partial charge in [-0.15, -0.1) is 0 Å². The van der Waals surface area contributed by atoms with Gasteiger partial charge in [0.2, 0.25) is 0 Å². The van der Waals surface area contributed by atoms with Gasteiger partial charge < -0.3 is 0 Å². The topological polar surface area (TPSA) is 0 Å². The Bertz CT molecular complexity index is 674. The van der Waals surface area contributed by atoms with Crippen LogP contribution in [0.3, 0.4) is 0 Å². The van der Waals surface area contributed by atoms with E-state index >= 15 is 0 Å². The maximum atomic E-state index is 2.72. The third-order valence-electron chi connectivity index (χ3n) is 7.65. The molecule has 4 atom stereocenters. The number of fused-ring (bicyclic) bond motifs is 3. The summed E-state index contributed by atoms with van der Waals surface area (Å²) in [4.78, 5) is 0. The van der Waals surface area contributed by atoms with Crippen LogP contribution in [0.25, 0.3) is 0 Å². The molecule has 4 unspecified atom stereocenters. The standard InChI is InChI=1S/C24H31I/c25-22-11-9-18-13-17(6-7-20(18)15-22)19-10-12-24-21(14-19)8-5-16-3-1-2-4-23(16)24/h10,12-13,17,20-22H,1-9,11,14-15H2. The molecular formula is C24H31I. The van der Waals surface area contributed by atoms with Crippen LogP contribution in [-0.4, -0.2) is 3.92 Å². The summed E-state index contributed by atoms with van der Waals surface area (Å²) in [5, 5.41) is 0. The van der Waals surface area contributed by atoms with Gasteiger partial charge in [0.25, 0.3) is 0 Å². The van der Waals surface area contributed by atoms with E-state index in [-0.39, 0.29) is 0 Å². The van der Waals surface area contributed by atoms with Gasteiger partial charge >= 0.3 is 0 Å². The van der Waals surface area contributed by atoms with Gasteiger partial charge in [0.05, 0.1) is 0 Å². The van der Waals surface area contributed by atoms with Crippen LogP contribution in [0.2, 0.25) is 0 Å². The van der Waals surface area contributed by atoms with Crippen LogP contribution in [0.15, 0.2) is 46.1 Å². The van der Waals surface area contributed by atoms with Crippen LogP contribution in [0, 0.1) is 17.8 Å². The minimum absolute atomic E-state index is 0.761. The molecule has 0 aromatic carbocycles. The van der Waals surface area contributed by atoms with E-state index in [9.17, 15) is 0 Å². The quantitative estimate of drug-likeness (QED) is 0.223. The molecule has 0 nitrogen and oxygen atoms in total. The normalized spacial score (nSPS) is 38.0. The van der Waals surface area contributed by atoms with Crippen molar-refractivity contribution in [1.82, 2.24) is 0 Å². The molecule has 0 aliphatic heterocycles. The van der Waals surface area contributed by atoms with Crippen molar-refractivity contribution in [3.8, 4) is 0 Å². The minimum atomic E-state index is 0.761. The highest BCUT2D eigenvalue weighted by atomic mass is 127. The molecule has 0 aromatic heterocycles. The highest BCUT2D eigenvalue weighted by molar-refractivity contribution is 14.1. The predicted molar refractivity (Wildman–Crippen MR) is 115 cm³/mol. The average Bonchev–Trinajstić information content (AvgIpc) is 2.67. The third-order valence-corrected chi connectivity index (χ3v) is 8.78. The van der Waals surface area contributed by atoms with Crippen LogP contribution in [0.5, 0.6) is 0 Å². The molecule has 0 aromatic rings. The molecule has 5 rings (SSSR count). The first-order valence-corrected chi connectivity index (χ1v) is 12.0. The number of allylic oxidation sites excluding steroid dienone is 8. The summed E-state index contributed by atoms with van der Waals surface area (Å²) in [7, 11) is 0. The summed E-state index contributed by atoms with van der Waals surface area (Å²) >= 11 is 2.68. The highest BCUT2D eigenvalue weighted by Gasteiger charge is 2.33. The number of rotatable bonds is 1. The molecule has 0 amide bonds. The first kappa shape index (κ1) is 16.8. The van der Waals surface area contributed by atoms with Crippen molar-refractivity contribution in [2.45, 2.75) is 81.0 Å². The van der Waals surface area contributed by atoms with Crippen molar-refractivity contribution in [1.29, 1.82) is 0 Å². The molecule has 25 heavy (non-hydrogen) atoms. The molecule has 0 radical (unpaired) electrons. The van der Waals surface area contributed by atoms with Crippen molar-refractivity contribution in [2.75, 3.05) is 0 Å². The zero-order valence-corrected chi connectivity index (χ0v) is 17.6. The second kappa shape index (κ2) is 7.02. The van der Waals surface area contributed by atoms with E-state index in [2.05, 4.69) is 40.8 Å². The molecular weight excluding hydrogens is 415 g/mol. The lowest BCUT2D eigenvalue weighted by Crippen LogP contribution is -2.25. The molecule has 1 fully saturated rings. The van der Waals surface area contributed by atoms with Gasteiger partial charge in [0.15, 0.2) is 0 Å². The number of halogens is 1. The van der Waals surface area contributed by atoms with E-state index in [1.807, 2.05) is 11.1 Å². The van der Waals surface area contributed by atoms with E-state index in [1.54, 1.807) is 16.7 Å². The Kier molecular flexibility index (Phi) is 4.73. The van der Waals surface area contributed by atoms with E-state index in [1.165, 1.54) is 77.0 Å². The molecule has 134 valence electrons. The van der Waals surface area contributed by atoms with Crippen molar-refractivity contribution in [3.63, 3.8) is 0 Å². The maximum absolute atomic E-state index is 2.72. The minimum Gasteiger partial charge on any atom is -0.0826 e. The molecule has 1 heteroatoms. The summed E-state index contributed by atoms with van der Waals surface area (Å²) < 4.78 is 0.927. The van der Waals surface area contributed by atoms with Gasteiger partial charge in [0.1, 0.15) is 0 Å². The summed E-state index contributed by atoms with van der Waals surface area (Å²) in [6, 6.07) is 0. The fourth-order valence-corrected chi connectivity index (χ4v) is 7.18. The number of hydrogen-bond donors (Lipinski definition) is 0. The number of alkyl halides is 1. The van der Waals surface area contributed by atoms with Crippen LogP contribution in [-0.2, 0) is 0 Å². The molecule has 5 aliphatic rings. The zero-order chi connectivity index (χ0) is 16.8. The van der Waals surface area contributed by atoms with Gasteiger partial charge in [-0.3, -0.25) is 0 Å². The zero-order valence-electron chi connectivity index (χ0n) is 15.4. The van der Waals surface area contributed by atoms with Crippen molar-refractivity contribution < 1.29 is 0 Å². The first-order chi connectivity index (χ1) is 12.3. The van der Waals surface area contributed by atoms with E-state index in [0.29, 0.717) is 0 Å². The fourth-order valence-electron chi connectivity index (χ4n) is 6.26. The molecule has 1 saturated carbocycles. The first-order valence-electron chi connectivity index (χ1n) is 10.7. The van der Waals surface area contributed by atoms with Crippen molar-refractivity contribution in [3.05, 3.63) is 46.1 Å². The Labute approximate surface area is 167 Å².